The summed E-state index contributed by atoms with van der Waals surface area (Å²) in [5, 5.41) is 0. The Morgan fingerprint density at radius 2 is 1.75 bits per heavy atom. The lowest BCUT2D eigenvalue weighted by atomic mass is 10.2. The maximum absolute atomic E-state index is 12.9. The molecule has 0 spiro atoms. The molecule has 1 aliphatic heterocycles. The van der Waals surface area contributed by atoms with Gasteiger partial charge in [-0.3, -0.25) is 4.79 Å². The van der Waals surface area contributed by atoms with Crippen LogP contribution in [0.3, 0.4) is 0 Å². The predicted molar refractivity (Wildman–Crippen MR) is 128 cm³/mol. The van der Waals surface area contributed by atoms with Crippen LogP contribution in [0.4, 0.5) is 0 Å². The summed E-state index contributed by atoms with van der Waals surface area (Å²) in [6, 6.07) is 12.6. The highest BCUT2D eigenvalue weighted by Crippen LogP contribution is 2.22. The molecule has 32 heavy (non-hydrogen) atoms. The van der Waals surface area contributed by atoms with Gasteiger partial charge in [-0.25, -0.2) is 8.42 Å². The molecule has 1 amide bonds. The van der Waals surface area contributed by atoms with E-state index in [2.05, 4.69) is 41.6 Å². The first-order valence-electron chi connectivity index (χ1n) is 11.3. The number of piperidine rings is 1. The van der Waals surface area contributed by atoms with E-state index >= 15 is 0 Å². The van der Waals surface area contributed by atoms with Gasteiger partial charge in [0.05, 0.1) is 15.1 Å². The number of sulfonamides is 1. The third kappa shape index (κ3) is 4.58. The van der Waals surface area contributed by atoms with E-state index in [9.17, 15) is 13.2 Å². The number of hydrogen-bond donors (Lipinski definition) is 0. The number of aromatic nitrogens is 1. The first kappa shape index (κ1) is 22.9. The van der Waals surface area contributed by atoms with Gasteiger partial charge in [0.15, 0.2) is 4.80 Å². The average molecular weight is 472 g/mol. The van der Waals surface area contributed by atoms with Gasteiger partial charge in [0, 0.05) is 25.2 Å². The zero-order valence-corrected chi connectivity index (χ0v) is 20.2. The third-order valence-electron chi connectivity index (χ3n) is 5.85. The number of carbonyl (C=O) groups excluding carboxylic acids is 1. The second kappa shape index (κ2) is 9.68. The van der Waals surface area contributed by atoms with Gasteiger partial charge in [-0.15, -0.1) is 0 Å². The van der Waals surface area contributed by atoms with Crippen LogP contribution < -0.4 is 4.80 Å². The summed E-state index contributed by atoms with van der Waals surface area (Å²) in [5.74, 6) is -0.362. The van der Waals surface area contributed by atoms with Crippen molar-refractivity contribution in [3.8, 4) is 0 Å². The largest absolute Gasteiger partial charge is 0.316 e. The van der Waals surface area contributed by atoms with Gasteiger partial charge in [-0.2, -0.15) is 9.30 Å². The fourth-order valence-electron chi connectivity index (χ4n) is 4.04. The fraction of sp³-hybridized carbons (Fsp3) is 0.417. The summed E-state index contributed by atoms with van der Waals surface area (Å²) in [7, 11) is -3.51. The Morgan fingerprint density at radius 3 is 2.41 bits per heavy atom. The SMILES string of the molecule is CCCn1c(=NC(=O)c2ccc(S(=O)(=O)N3CCCCC3)cc2)sc2cc(CC)ccc21. The van der Waals surface area contributed by atoms with Crippen molar-refractivity contribution in [2.75, 3.05) is 13.1 Å². The van der Waals surface area contributed by atoms with Crippen molar-refractivity contribution in [2.45, 2.75) is 57.4 Å². The number of hydrogen-bond acceptors (Lipinski definition) is 4. The van der Waals surface area contributed by atoms with Crippen LogP contribution in [0.5, 0.6) is 0 Å². The number of amides is 1. The van der Waals surface area contributed by atoms with Crippen LogP contribution in [0.25, 0.3) is 10.2 Å². The van der Waals surface area contributed by atoms with Crippen LogP contribution >= 0.6 is 11.3 Å². The number of fused-ring (bicyclic) bond motifs is 1. The highest BCUT2D eigenvalue weighted by atomic mass is 32.2. The minimum absolute atomic E-state index is 0.228. The van der Waals surface area contributed by atoms with Crippen LogP contribution in [0.1, 0.15) is 55.5 Å². The van der Waals surface area contributed by atoms with E-state index in [-0.39, 0.29) is 10.8 Å². The second-order valence-electron chi connectivity index (χ2n) is 8.10. The molecule has 2 heterocycles. The minimum atomic E-state index is -3.51. The summed E-state index contributed by atoms with van der Waals surface area (Å²) in [5.41, 5.74) is 2.73. The molecule has 1 aromatic heterocycles. The molecule has 170 valence electrons. The van der Waals surface area contributed by atoms with E-state index in [0.717, 1.165) is 48.9 Å². The van der Waals surface area contributed by atoms with E-state index in [0.29, 0.717) is 23.5 Å². The van der Waals surface area contributed by atoms with Gasteiger partial charge < -0.3 is 4.57 Å². The monoisotopic (exact) mass is 471 g/mol. The van der Waals surface area contributed by atoms with Crippen LogP contribution in [-0.4, -0.2) is 36.3 Å². The highest BCUT2D eigenvalue weighted by Gasteiger charge is 2.26. The summed E-state index contributed by atoms with van der Waals surface area (Å²) < 4.78 is 30.4. The topological polar surface area (TPSA) is 71.7 Å². The van der Waals surface area contributed by atoms with Gasteiger partial charge in [-0.05, 0) is 67.6 Å². The maximum Gasteiger partial charge on any atom is 0.279 e. The van der Waals surface area contributed by atoms with E-state index in [4.69, 9.17) is 0 Å². The van der Waals surface area contributed by atoms with Crippen molar-refractivity contribution in [1.82, 2.24) is 8.87 Å². The first-order valence-corrected chi connectivity index (χ1v) is 13.5. The van der Waals surface area contributed by atoms with Crippen molar-refractivity contribution >= 4 is 37.5 Å². The van der Waals surface area contributed by atoms with Gasteiger partial charge in [-0.1, -0.05) is 37.7 Å². The quantitative estimate of drug-likeness (QED) is 0.528. The Morgan fingerprint density at radius 1 is 1.03 bits per heavy atom. The van der Waals surface area contributed by atoms with Crippen molar-refractivity contribution in [1.29, 1.82) is 0 Å². The molecule has 8 heteroatoms. The van der Waals surface area contributed by atoms with Gasteiger partial charge >= 0.3 is 0 Å². The lowest BCUT2D eigenvalue weighted by molar-refractivity contribution is 0.0997. The molecule has 0 atom stereocenters. The Bertz CT molecular complexity index is 1280. The normalized spacial score (nSPS) is 16.0. The average Bonchev–Trinajstić information content (AvgIpc) is 3.16. The lowest BCUT2D eigenvalue weighted by Gasteiger charge is -2.25. The standard InChI is InChI=1S/C24H29N3O3S2/c1-3-14-27-21-13-8-18(4-2)17-22(21)31-24(27)25-23(28)19-9-11-20(12-10-19)32(29,30)26-15-6-5-7-16-26/h8-13,17H,3-7,14-16H2,1-2H3. The van der Waals surface area contributed by atoms with Crippen molar-refractivity contribution in [3.05, 3.63) is 58.4 Å². The maximum atomic E-state index is 12.9. The second-order valence-corrected chi connectivity index (χ2v) is 11.0. The molecular weight excluding hydrogens is 442 g/mol. The molecule has 0 saturated carbocycles. The molecule has 0 radical (unpaired) electrons. The lowest BCUT2D eigenvalue weighted by Crippen LogP contribution is -2.35. The van der Waals surface area contributed by atoms with Crippen LogP contribution in [0.2, 0.25) is 0 Å². The molecule has 1 fully saturated rings. The minimum Gasteiger partial charge on any atom is -0.316 e. The molecule has 3 aromatic rings. The summed E-state index contributed by atoms with van der Waals surface area (Å²) in [6.45, 7) is 6.12. The summed E-state index contributed by atoms with van der Waals surface area (Å²) in [6.07, 6.45) is 4.74. The number of nitrogens with zero attached hydrogens (tertiary/aromatic N) is 3. The third-order valence-corrected chi connectivity index (χ3v) is 8.81. The number of thiazole rings is 1. The van der Waals surface area contributed by atoms with E-state index in [1.54, 1.807) is 12.1 Å². The molecule has 1 aliphatic rings. The molecule has 4 rings (SSSR count). The molecule has 2 aromatic carbocycles. The zero-order chi connectivity index (χ0) is 22.7. The van der Waals surface area contributed by atoms with Crippen molar-refractivity contribution < 1.29 is 13.2 Å². The van der Waals surface area contributed by atoms with E-state index < -0.39 is 10.0 Å². The molecule has 0 aliphatic carbocycles. The first-order chi connectivity index (χ1) is 15.4. The van der Waals surface area contributed by atoms with Crippen LogP contribution in [0.15, 0.2) is 52.4 Å². The number of benzene rings is 2. The Kier molecular flexibility index (Phi) is 6.93. The van der Waals surface area contributed by atoms with Crippen LogP contribution in [-0.2, 0) is 23.0 Å². The number of carbonyl (C=O) groups is 1. The molecular formula is C24H29N3O3S2. The zero-order valence-electron chi connectivity index (χ0n) is 18.6. The smallest absolute Gasteiger partial charge is 0.279 e. The molecule has 0 N–H and O–H groups in total. The summed E-state index contributed by atoms with van der Waals surface area (Å²) in [4.78, 5) is 18.2. The van der Waals surface area contributed by atoms with Gasteiger partial charge in [0.1, 0.15) is 0 Å². The van der Waals surface area contributed by atoms with Gasteiger partial charge in [0.2, 0.25) is 10.0 Å². The number of aryl methyl sites for hydroxylation is 2. The highest BCUT2D eigenvalue weighted by molar-refractivity contribution is 7.89. The molecule has 0 bridgehead atoms. The Hall–Kier alpha value is -2.29. The van der Waals surface area contributed by atoms with Gasteiger partial charge in [0.25, 0.3) is 5.91 Å². The Balaban J connectivity index is 1.65. The van der Waals surface area contributed by atoms with Crippen molar-refractivity contribution in [2.24, 2.45) is 4.99 Å². The van der Waals surface area contributed by atoms with Crippen molar-refractivity contribution in [3.63, 3.8) is 0 Å². The predicted octanol–water partition coefficient (Wildman–Crippen LogP) is 4.59. The summed E-state index contributed by atoms with van der Waals surface area (Å²) >= 11 is 1.52. The molecule has 0 unspecified atom stereocenters. The van der Waals surface area contributed by atoms with E-state index in [1.807, 2.05) is 0 Å². The van der Waals surface area contributed by atoms with E-state index in [1.165, 1.54) is 33.3 Å². The molecule has 6 nitrogen and oxygen atoms in total. The Labute approximate surface area is 193 Å². The number of rotatable bonds is 6. The fourth-order valence-corrected chi connectivity index (χ4v) is 6.67. The molecule has 1 saturated heterocycles. The van der Waals surface area contributed by atoms with Crippen LogP contribution in [0, 0.1) is 0 Å².